The highest BCUT2D eigenvalue weighted by Crippen LogP contribution is 2.24. The summed E-state index contributed by atoms with van der Waals surface area (Å²) in [6.07, 6.45) is -0.527. The molecule has 0 spiro atoms. The maximum Gasteiger partial charge on any atom is 0.411 e. The molecule has 0 aliphatic rings. The first-order chi connectivity index (χ1) is 7.90. The predicted octanol–water partition coefficient (Wildman–Crippen LogP) is 4.10. The number of benzene rings is 1. The lowest BCUT2D eigenvalue weighted by Crippen LogP contribution is -2.17. The van der Waals surface area contributed by atoms with Gasteiger partial charge in [0.15, 0.2) is 0 Å². The second-order valence-electron chi connectivity index (χ2n) is 4.20. The Balaban J connectivity index is 2.68. The summed E-state index contributed by atoms with van der Waals surface area (Å²) < 4.78 is 18.4. The molecular weight excluding hydrogens is 289 g/mol. The third-order valence-electron chi connectivity index (χ3n) is 2.05. The molecule has 0 aliphatic heterocycles. The molecule has 0 aliphatic carbocycles. The number of ether oxygens (including phenoxy) is 1. The SMILES string of the molecule is Cc1cc(F)c(Br)cc1NC(=O)OCC(C)C. The van der Waals surface area contributed by atoms with E-state index in [1.54, 1.807) is 6.92 Å². The van der Waals surface area contributed by atoms with Gasteiger partial charge in [-0.2, -0.15) is 0 Å². The fraction of sp³-hybridized carbons (Fsp3) is 0.417. The molecule has 0 fully saturated rings. The van der Waals surface area contributed by atoms with Crippen molar-refractivity contribution in [2.24, 2.45) is 5.92 Å². The van der Waals surface area contributed by atoms with E-state index in [9.17, 15) is 9.18 Å². The van der Waals surface area contributed by atoms with Gasteiger partial charge >= 0.3 is 6.09 Å². The molecule has 0 radical (unpaired) electrons. The molecule has 0 bridgehead atoms. The van der Waals surface area contributed by atoms with E-state index in [0.29, 0.717) is 22.3 Å². The number of carbonyl (C=O) groups excluding carboxylic acids is 1. The quantitative estimate of drug-likeness (QED) is 0.913. The van der Waals surface area contributed by atoms with E-state index >= 15 is 0 Å². The van der Waals surface area contributed by atoms with Gasteiger partial charge in [0, 0.05) is 5.69 Å². The van der Waals surface area contributed by atoms with Gasteiger partial charge in [-0.15, -0.1) is 0 Å². The lowest BCUT2D eigenvalue weighted by molar-refractivity contribution is 0.147. The van der Waals surface area contributed by atoms with E-state index in [4.69, 9.17) is 4.74 Å². The fourth-order valence-corrected chi connectivity index (χ4v) is 1.51. The second-order valence-corrected chi connectivity index (χ2v) is 5.05. The van der Waals surface area contributed by atoms with Gasteiger partial charge < -0.3 is 4.74 Å². The minimum Gasteiger partial charge on any atom is -0.449 e. The molecule has 5 heteroatoms. The zero-order valence-electron chi connectivity index (χ0n) is 10.0. The van der Waals surface area contributed by atoms with Crippen LogP contribution in [0.3, 0.4) is 0 Å². The van der Waals surface area contributed by atoms with Crippen molar-refractivity contribution in [3.8, 4) is 0 Å². The number of aryl methyl sites for hydroxylation is 1. The number of rotatable bonds is 3. The standard InChI is InChI=1S/C12H15BrFNO2/c1-7(2)6-17-12(16)15-11-5-9(13)10(14)4-8(11)3/h4-5,7H,6H2,1-3H3,(H,15,16). The number of nitrogens with one attached hydrogen (secondary N) is 1. The number of carbonyl (C=O) groups is 1. The van der Waals surface area contributed by atoms with E-state index in [-0.39, 0.29) is 11.7 Å². The van der Waals surface area contributed by atoms with E-state index in [0.717, 1.165) is 0 Å². The van der Waals surface area contributed by atoms with Crippen molar-refractivity contribution in [1.29, 1.82) is 0 Å². The second kappa shape index (κ2) is 6.00. The molecule has 0 unspecified atom stereocenters. The van der Waals surface area contributed by atoms with Gasteiger partial charge in [-0.05, 0) is 46.5 Å². The number of anilines is 1. The highest BCUT2D eigenvalue weighted by atomic mass is 79.9. The summed E-state index contributed by atoms with van der Waals surface area (Å²) in [5, 5.41) is 2.58. The monoisotopic (exact) mass is 303 g/mol. The van der Waals surface area contributed by atoms with Crippen LogP contribution in [0.1, 0.15) is 19.4 Å². The molecule has 0 saturated heterocycles. The van der Waals surface area contributed by atoms with Gasteiger partial charge in [0.2, 0.25) is 0 Å². The van der Waals surface area contributed by atoms with Gasteiger partial charge in [0.25, 0.3) is 0 Å². The summed E-state index contributed by atoms with van der Waals surface area (Å²) in [5.74, 6) is -0.0783. The molecular formula is C12H15BrFNO2. The Bertz CT molecular complexity index is 421. The predicted molar refractivity (Wildman–Crippen MR) is 68.6 cm³/mol. The fourth-order valence-electron chi connectivity index (χ4n) is 1.17. The van der Waals surface area contributed by atoms with Crippen LogP contribution in [0.2, 0.25) is 0 Å². The van der Waals surface area contributed by atoms with Crippen LogP contribution in [0.25, 0.3) is 0 Å². The normalized spacial score (nSPS) is 10.5. The van der Waals surface area contributed by atoms with Crippen molar-refractivity contribution in [3.05, 3.63) is 28.0 Å². The summed E-state index contributed by atoms with van der Waals surface area (Å²) in [4.78, 5) is 11.4. The van der Waals surface area contributed by atoms with E-state index in [2.05, 4.69) is 21.2 Å². The topological polar surface area (TPSA) is 38.3 Å². The Morgan fingerprint density at radius 2 is 2.18 bits per heavy atom. The first-order valence-corrected chi connectivity index (χ1v) is 6.09. The van der Waals surface area contributed by atoms with Crippen LogP contribution in [0.4, 0.5) is 14.9 Å². The maximum atomic E-state index is 13.2. The summed E-state index contributed by atoms with van der Waals surface area (Å²) in [7, 11) is 0. The van der Waals surface area contributed by atoms with Crippen molar-refractivity contribution in [1.82, 2.24) is 0 Å². The van der Waals surface area contributed by atoms with Crippen molar-refractivity contribution < 1.29 is 13.9 Å². The molecule has 0 aromatic heterocycles. The van der Waals surface area contributed by atoms with E-state index in [1.165, 1.54) is 12.1 Å². The van der Waals surface area contributed by atoms with E-state index in [1.807, 2.05) is 13.8 Å². The Morgan fingerprint density at radius 3 is 2.76 bits per heavy atom. The Hall–Kier alpha value is -1.10. The Kier molecular flexibility index (Phi) is 4.93. The first-order valence-electron chi connectivity index (χ1n) is 5.29. The maximum absolute atomic E-state index is 13.2. The van der Waals surface area contributed by atoms with Gasteiger partial charge in [-0.3, -0.25) is 5.32 Å². The summed E-state index contributed by atoms with van der Waals surface area (Å²) in [6, 6.07) is 2.86. The van der Waals surface area contributed by atoms with Crippen LogP contribution >= 0.6 is 15.9 Å². The minimum atomic E-state index is -0.527. The third-order valence-corrected chi connectivity index (χ3v) is 2.66. The van der Waals surface area contributed by atoms with E-state index < -0.39 is 6.09 Å². The third kappa shape index (κ3) is 4.34. The zero-order chi connectivity index (χ0) is 13.0. The van der Waals surface area contributed by atoms with Crippen LogP contribution in [0, 0.1) is 18.7 Å². The smallest absolute Gasteiger partial charge is 0.411 e. The molecule has 0 saturated carbocycles. The van der Waals surface area contributed by atoms with Crippen molar-refractivity contribution in [3.63, 3.8) is 0 Å². The average molecular weight is 304 g/mol. The molecule has 1 aromatic carbocycles. The van der Waals surface area contributed by atoms with Crippen molar-refractivity contribution in [2.75, 3.05) is 11.9 Å². The van der Waals surface area contributed by atoms with Crippen LogP contribution in [0.15, 0.2) is 16.6 Å². The Labute approximate surface area is 108 Å². The Morgan fingerprint density at radius 1 is 1.53 bits per heavy atom. The molecule has 3 nitrogen and oxygen atoms in total. The lowest BCUT2D eigenvalue weighted by atomic mass is 10.2. The average Bonchev–Trinajstić information content (AvgIpc) is 2.23. The summed E-state index contributed by atoms with van der Waals surface area (Å²) >= 11 is 3.07. The summed E-state index contributed by atoms with van der Waals surface area (Å²) in [6.45, 7) is 5.97. The van der Waals surface area contributed by atoms with Crippen LogP contribution in [0.5, 0.6) is 0 Å². The molecule has 94 valence electrons. The molecule has 1 aromatic rings. The number of hydrogen-bond donors (Lipinski definition) is 1. The zero-order valence-corrected chi connectivity index (χ0v) is 11.6. The number of halogens is 2. The highest BCUT2D eigenvalue weighted by molar-refractivity contribution is 9.10. The summed E-state index contributed by atoms with van der Waals surface area (Å²) in [5.41, 5.74) is 1.18. The lowest BCUT2D eigenvalue weighted by Gasteiger charge is -2.11. The number of amides is 1. The molecule has 0 heterocycles. The first kappa shape index (κ1) is 14.0. The highest BCUT2D eigenvalue weighted by Gasteiger charge is 2.09. The molecule has 0 atom stereocenters. The largest absolute Gasteiger partial charge is 0.449 e. The van der Waals surface area contributed by atoms with Crippen LogP contribution < -0.4 is 5.32 Å². The number of hydrogen-bond acceptors (Lipinski definition) is 2. The van der Waals surface area contributed by atoms with Crippen molar-refractivity contribution >= 4 is 27.7 Å². The van der Waals surface area contributed by atoms with Crippen LogP contribution in [-0.2, 0) is 4.74 Å². The van der Waals surface area contributed by atoms with Crippen LogP contribution in [-0.4, -0.2) is 12.7 Å². The van der Waals surface area contributed by atoms with Gasteiger partial charge in [0.1, 0.15) is 5.82 Å². The molecule has 1 amide bonds. The molecule has 1 N–H and O–H groups in total. The molecule has 1 rings (SSSR count). The minimum absolute atomic E-state index is 0.279. The van der Waals surface area contributed by atoms with Gasteiger partial charge in [-0.1, -0.05) is 13.8 Å². The van der Waals surface area contributed by atoms with Crippen molar-refractivity contribution in [2.45, 2.75) is 20.8 Å². The van der Waals surface area contributed by atoms with Gasteiger partial charge in [0.05, 0.1) is 11.1 Å². The molecule has 17 heavy (non-hydrogen) atoms. The van der Waals surface area contributed by atoms with Gasteiger partial charge in [-0.25, -0.2) is 9.18 Å².